The minimum Gasteiger partial charge on any atom is -0.380 e. The number of ether oxygens (including phenoxy) is 1. The molecule has 1 N–H and O–H groups in total. The van der Waals surface area contributed by atoms with Crippen molar-refractivity contribution in [2.45, 2.75) is 45.7 Å². The molecule has 2 rings (SSSR count). The van der Waals surface area contributed by atoms with Crippen LogP contribution in [0.4, 0.5) is 0 Å². The third kappa shape index (κ3) is 2.84. The minimum absolute atomic E-state index is 0.167. The molecule has 0 bridgehead atoms. The first-order valence-electron chi connectivity index (χ1n) is 5.98. The Kier molecular flexibility index (Phi) is 3.67. The maximum atomic E-state index is 5.55. The molecular weight excluding hydrogens is 218 g/mol. The first kappa shape index (κ1) is 12.1. The summed E-state index contributed by atoms with van der Waals surface area (Å²) in [5.74, 6) is 0. The van der Waals surface area contributed by atoms with Crippen molar-refractivity contribution in [3.63, 3.8) is 0 Å². The van der Waals surface area contributed by atoms with E-state index in [0.717, 1.165) is 19.8 Å². The summed E-state index contributed by atoms with van der Waals surface area (Å²) < 4.78 is 5.55. The monoisotopic (exact) mass is 239 g/mol. The summed E-state index contributed by atoms with van der Waals surface area (Å²) in [7, 11) is 0. The summed E-state index contributed by atoms with van der Waals surface area (Å²) in [6.07, 6.45) is 2.39. The van der Waals surface area contributed by atoms with Crippen LogP contribution in [0.15, 0.2) is 6.07 Å². The van der Waals surface area contributed by atoms with E-state index in [4.69, 9.17) is 4.74 Å². The smallest absolute Gasteiger partial charge is 0.0645 e. The van der Waals surface area contributed by atoms with Gasteiger partial charge in [-0.3, -0.25) is 0 Å². The van der Waals surface area contributed by atoms with Gasteiger partial charge in [-0.25, -0.2) is 0 Å². The van der Waals surface area contributed by atoms with Crippen molar-refractivity contribution in [3.8, 4) is 0 Å². The molecule has 0 aromatic carbocycles. The zero-order valence-corrected chi connectivity index (χ0v) is 11.2. The highest BCUT2D eigenvalue weighted by molar-refractivity contribution is 7.12. The van der Waals surface area contributed by atoms with E-state index in [2.05, 4.69) is 32.2 Å². The van der Waals surface area contributed by atoms with Crippen molar-refractivity contribution in [2.75, 3.05) is 13.2 Å². The van der Waals surface area contributed by atoms with Gasteiger partial charge in [0.2, 0.25) is 0 Å². The largest absolute Gasteiger partial charge is 0.380 e. The Labute approximate surface area is 102 Å². The van der Waals surface area contributed by atoms with E-state index in [9.17, 15) is 0 Å². The van der Waals surface area contributed by atoms with Gasteiger partial charge in [0.1, 0.15) is 0 Å². The first-order valence-corrected chi connectivity index (χ1v) is 6.79. The molecule has 1 aromatic heterocycles. The van der Waals surface area contributed by atoms with Crippen molar-refractivity contribution >= 4 is 11.3 Å². The SMILES string of the molecule is Cc1cc(CNC2(C)CCCOC2)c(C)s1. The van der Waals surface area contributed by atoms with Crippen molar-refractivity contribution < 1.29 is 4.74 Å². The van der Waals surface area contributed by atoms with E-state index >= 15 is 0 Å². The number of rotatable bonds is 3. The quantitative estimate of drug-likeness (QED) is 0.875. The van der Waals surface area contributed by atoms with Crippen molar-refractivity contribution in [2.24, 2.45) is 0 Å². The Bertz CT molecular complexity index is 353. The van der Waals surface area contributed by atoms with Crippen LogP contribution in [0.3, 0.4) is 0 Å². The van der Waals surface area contributed by atoms with E-state index in [1.54, 1.807) is 0 Å². The lowest BCUT2D eigenvalue weighted by molar-refractivity contribution is 0.0278. The highest BCUT2D eigenvalue weighted by Gasteiger charge is 2.26. The Balaban J connectivity index is 1.93. The lowest BCUT2D eigenvalue weighted by Crippen LogP contribution is -2.48. The van der Waals surface area contributed by atoms with Gasteiger partial charge in [-0.15, -0.1) is 11.3 Å². The van der Waals surface area contributed by atoms with Crippen LogP contribution in [-0.2, 0) is 11.3 Å². The highest BCUT2D eigenvalue weighted by atomic mass is 32.1. The molecule has 0 spiro atoms. The molecule has 1 unspecified atom stereocenters. The Morgan fingerprint density at radius 1 is 1.50 bits per heavy atom. The van der Waals surface area contributed by atoms with Gasteiger partial charge in [0.25, 0.3) is 0 Å². The lowest BCUT2D eigenvalue weighted by Gasteiger charge is -2.34. The Morgan fingerprint density at radius 3 is 2.88 bits per heavy atom. The van der Waals surface area contributed by atoms with E-state index in [1.807, 2.05) is 11.3 Å². The van der Waals surface area contributed by atoms with Crippen LogP contribution in [0.25, 0.3) is 0 Å². The standard InChI is InChI=1S/C13H21NOS/c1-10-7-12(11(2)16-10)8-14-13(3)5-4-6-15-9-13/h7,14H,4-6,8-9H2,1-3H3. The van der Waals surface area contributed by atoms with Crippen LogP contribution in [0, 0.1) is 13.8 Å². The average molecular weight is 239 g/mol. The second-order valence-corrected chi connectivity index (χ2v) is 6.47. The maximum absolute atomic E-state index is 5.55. The van der Waals surface area contributed by atoms with Crippen LogP contribution in [0.1, 0.15) is 35.1 Å². The fourth-order valence-electron chi connectivity index (χ4n) is 2.24. The van der Waals surface area contributed by atoms with Crippen LogP contribution in [-0.4, -0.2) is 18.8 Å². The van der Waals surface area contributed by atoms with Crippen LogP contribution in [0.5, 0.6) is 0 Å². The van der Waals surface area contributed by atoms with E-state index < -0.39 is 0 Å². The molecule has 1 aliphatic rings. The topological polar surface area (TPSA) is 21.3 Å². The van der Waals surface area contributed by atoms with E-state index in [1.165, 1.54) is 28.2 Å². The van der Waals surface area contributed by atoms with Crippen molar-refractivity contribution in [1.29, 1.82) is 0 Å². The van der Waals surface area contributed by atoms with Crippen LogP contribution in [0.2, 0.25) is 0 Å². The molecule has 1 saturated heterocycles. The van der Waals surface area contributed by atoms with Gasteiger partial charge in [0, 0.05) is 28.4 Å². The second kappa shape index (κ2) is 4.86. The normalized spacial score (nSPS) is 25.9. The number of hydrogen-bond acceptors (Lipinski definition) is 3. The summed E-state index contributed by atoms with van der Waals surface area (Å²) in [5.41, 5.74) is 1.61. The predicted octanol–water partition coefficient (Wildman–Crippen LogP) is 3.02. The molecule has 90 valence electrons. The lowest BCUT2D eigenvalue weighted by atomic mass is 9.94. The molecule has 1 fully saturated rings. The van der Waals surface area contributed by atoms with Gasteiger partial charge in [0.15, 0.2) is 0 Å². The minimum atomic E-state index is 0.167. The summed E-state index contributed by atoms with van der Waals surface area (Å²) in [4.78, 5) is 2.84. The molecule has 2 heterocycles. The fraction of sp³-hybridized carbons (Fsp3) is 0.692. The molecular formula is C13H21NOS. The van der Waals surface area contributed by atoms with Gasteiger partial charge < -0.3 is 10.1 Å². The number of thiophene rings is 1. The fourth-order valence-corrected chi connectivity index (χ4v) is 3.19. The second-order valence-electron chi connectivity index (χ2n) is 5.01. The first-order chi connectivity index (χ1) is 7.59. The van der Waals surface area contributed by atoms with Crippen molar-refractivity contribution in [1.82, 2.24) is 5.32 Å². The van der Waals surface area contributed by atoms with Gasteiger partial charge in [-0.1, -0.05) is 0 Å². The molecule has 0 aliphatic carbocycles. The molecule has 3 heteroatoms. The molecule has 1 aromatic rings. The third-order valence-corrected chi connectivity index (χ3v) is 4.30. The van der Waals surface area contributed by atoms with Gasteiger partial charge in [-0.05, 0) is 45.2 Å². The van der Waals surface area contributed by atoms with Gasteiger partial charge in [-0.2, -0.15) is 0 Å². The zero-order valence-electron chi connectivity index (χ0n) is 10.4. The van der Waals surface area contributed by atoms with Crippen LogP contribution >= 0.6 is 11.3 Å². The third-order valence-electron chi connectivity index (χ3n) is 3.29. The Morgan fingerprint density at radius 2 is 2.31 bits per heavy atom. The zero-order chi connectivity index (χ0) is 11.6. The predicted molar refractivity (Wildman–Crippen MR) is 69.1 cm³/mol. The molecule has 0 radical (unpaired) electrons. The average Bonchev–Trinajstić information content (AvgIpc) is 2.56. The van der Waals surface area contributed by atoms with E-state index in [-0.39, 0.29) is 5.54 Å². The van der Waals surface area contributed by atoms with Crippen molar-refractivity contribution in [3.05, 3.63) is 21.4 Å². The molecule has 0 amide bonds. The molecule has 1 aliphatic heterocycles. The van der Waals surface area contributed by atoms with Gasteiger partial charge >= 0.3 is 0 Å². The molecule has 0 saturated carbocycles. The summed E-state index contributed by atoms with van der Waals surface area (Å²) in [6, 6.07) is 2.29. The Hall–Kier alpha value is -0.380. The molecule has 1 atom stereocenters. The number of hydrogen-bond donors (Lipinski definition) is 1. The van der Waals surface area contributed by atoms with Gasteiger partial charge in [0.05, 0.1) is 6.61 Å². The maximum Gasteiger partial charge on any atom is 0.0645 e. The number of aryl methyl sites for hydroxylation is 2. The van der Waals surface area contributed by atoms with Crippen LogP contribution < -0.4 is 5.32 Å². The number of nitrogens with one attached hydrogen (secondary N) is 1. The summed E-state index contributed by atoms with van der Waals surface area (Å²) in [5, 5.41) is 3.65. The molecule has 16 heavy (non-hydrogen) atoms. The molecule has 2 nitrogen and oxygen atoms in total. The summed E-state index contributed by atoms with van der Waals surface area (Å²) in [6.45, 7) is 9.38. The highest BCUT2D eigenvalue weighted by Crippen LogP contribution is 2.23. The van der Waals surface area contributed by atoms with E-state index in [0.29, 0.717) is 0 Å². The summed E-state index contributed by atoms with van der Waals surface area (Å²) >= 11 is 1.88.